The first-order chi connectivity index (χ1) is 7.56. The Labute approximate surface area is 102 Å². The molecule has 0 aliphatic heterocycles. The third kappa shape index (κ3) is 3.50. The fourth-order valence-corrected chi connectivity index (χ4v) is 1.64. The van der Waals surface area contributed by atoms with Gasteiger partial charge in [-0.15, -0.1) is 0 Å². The molecule has 5 heteroatoms. The third-order valence-electron chi connectivity index (χ3n) is 2.14. The molecule has 1 rings (SSSR count). The van der Waals surface area contributed by atoms with Gasteiger partial charge >= 0.3 is 0 Å². The van der Waals surface area contributed by atoms with Gasteiger partial charge in [0.05, 0.1) is 22.7 Å². The van der Waals surface area contributed by atoms with Crippen molar-refractivity contribution < 1.29 is 13.5 Å². The van der Waals surface area contributed by atoms with E-state index >= 15 is 0 Å². The molecule has 1 aromatic rings. The van der Waals surface area contributed by atoms with Crippen molar-refractivity contribution in [2.24, 2.45) is 0 Å². The van der Waals surface area contributed by atoms with Crippen LogP contribution in [0.4, 0.5) is 8.78 Å². The molecule has 1 N–H and O–H groups in total. The molecule has 0 aromatic heterocycles. The monoisotopic (exact) mass is 293 g/mol. The van der Waals surface area contributed by atoms with Crippen molar-refractivity contribution in [2.75, 3.05) is 13.6 Å². The first-order valence-corrected chi connectivity index (χ1v) is 5.74. The maximum atomic E-state index is 13.5. The van der Waals surface area contributed by atoms with Gasteiger partial charge in [-0.1, -0.05) is 0 Å². The highest BCUT2D eigenvalue weighted by Crippen LogP contribution is 2.22. The lowest BCUT2D eigenvalue weighted by Gasteiger charge is -2.13. The first-order valence-electron chi connectivity index (χ1n) is 4.94. The minimum Gasteiger partial charge on any atom is -0.372 e. The second-order valence-electron chi connectivity index (χ2n) is 3.50. The normalized spacial score (nSPS) is 12.8. The van der Waals surface area contributed by atoms with Crippen molar-refractivity contribution in [1.29, 1.82) is 0 Å². The maximum absolute atomic E-state index is 13.5. The standard InChI is InChI=1S/C11H14BrF2NO/c1-7(5-15-2)16-6-8-10(13)4-3-9(12)11(8)14/h3-4,7,15H,5-6H2,1-2H3. The summed E-state index contributed by atoms with van der Waals surface area (Å²) in [5.74, 6) is -1.19. The molecule has 0 aliphatic rings. The van der Waals surface area contributed by atoms with E-state index in [2.05, 4.69) is 21.2 Å². The minimum absolute atomic E-state index is 0.0441. The molecular formula is C11H14BrF2NO. The molecule has 0 heterocycles. The van der Waals surface area contributed by atoms with Crippen LogP contribution in [0.1, 0.15) is 12.5 Å². The number of nitrogens with one attached hydrogen (secondary N) is 1. The van der Waals surface area contributed by atoms with Gasteiger partial charge in [-0.05, 0) is 42.0 Å². The Balaban J connectivity index is 2.70. The van der Waals surface area contributed by atoms with Gasteiger partial charge in [-0.25, -0.2) is 8.78 Å². The van der Waals surface area contributed by atoms with Crippen molar-refractivity contribution >= 4 is 15.9 Å². The summed E-state index contributed by atoms with van der Waals surface area (Å²) in [5, 5.41) is 2.92. The van der Waals surface area contributed by atoms with Crippen molar-refractivity contribution in [1.82, 2.24) is 5.32 Å². The Morgan fingerprint density at radius 1 is 1.44 bits per heavy atom. The molecule has 0 bridgehead atoms. The summed E-state index contributed by atoms with van der Waals surface area (Å²) in [6.07, 6.45) is -0.0946. The summed E-state index contributed by atoms with van der Waals surface area (Å²) in [7, 11) is 1.79. The van der Waals surface area contributed by atoms with E-state index in [1.54, 1.807) is 7.05 Å². The Morgan fingerprint density at radius 2 is 2.12 bits per heavy atom. The lowest BCUT2D eigenvalue weighted by atomic mass is 10.2. The molecular weight excluding hydrogens is 280 g/mol. The fourth-order valence-electron chi connectivity index (χ4n) is 1.27. The number of hydrogen-bond acceptors (Lipinski definition) is 2. The van der Waals surface area contributed by atoms with Crippen LogP contribution in [0.3, 0.4) is 0 Å². The van der Waals surface area contributed by atoms with E-state index in [-0.39, 0.29) is 22.7 Å². The lowest BCUT2D eigenvalue weighted by Crippen LogP contribution is -2.23. The van der Waals surface area contributed by atoms with Crippen molar-refractivity contribution in [2.45, 2.75) is 19.6 Å². The largest absolute Gasteiger partial charge is 0.372 e. The van der Waals surface area contributed by atoms with Crippen LogP contribution in [0.5, 0.6) is 0 Å². The van der Waals surface area contributed by atoms with Crippen molar-refractivity contribution in [3.8, 4) is 0 Å². The summed E-state index contributed by atoms with van der Waals surface area (Å²) in [6.45, 7) is 2.40. The van der Waals surface area contributed by atoms with Crippen LogP contribution >= 0.6 is 15.9 Å². The fraction of sp³-hybridized carbons (Fsp3) is 0.455. The van der Waals surface area contributed by atoms with Gasteiger partial charge in [0.1, 0.15) is 11.6 Å². The van der Waals surface area contributed by atoms with E-state index in [1.165, 1.54) is 12.1 Å². The predicted octanol–water partition coefficient (Wildman–Crippen LogP) is 2.85. The van der Waals surface area contributed by atoms with Crippen LogP contribution in [-0.2, 0) is 11.3 Å². The second-order valence-corrected chi connectivity index (χ2v) is 4.36. The van der Waals surface area contributed by atoms with Gasteiger partial charge in [0.25, 0.3) is 0 Å². The molecule has 0 amide bonds. The van der Waals surface area contributed by atoms with Gasteiger partial charge in [0, 0.05) is 6.54 Å². The molecule has 0 saturated carbocycles. The van der Waals surface area contributed by atoms with E-state index in [4.69, 9.17) is 4.74 Å². The van der Waals surface area contributed by atoms with Gasteiger partial charge in [-0.2, -0.15) is 0 Å². The van der Waals surface area contributed by atoms with Crippen molar-refractivity contribution in [3.63, 3.8) is 0 Å². The Bertz CT molecular complexity index is 360. The second kappa shape index (κ2) is 6.27. The number of benzene rings is 1. The van der Waals surface area contributed by atoms with Crippen molar-refractivity contribution in [3.05, 3.63) is 33.8 Å². The Hall–Kier alpha value is -0.520. The smallest absolute Gasteiger partial charge is 0.145 e. The third-order valence-corrected chi connectivity index (χ3v) is 2.76. The summed E-state index contributed by atoms with van der Waals surface area (Å²) in [6, 6.07) is 2.56. The average molecular weight is 294 g/mol. The maximum Gasteiger partial charge on any atom is 0.145 e. The zero-order valence-electron chi connectivity index (χ0n) is 9.19. The highest BCUT2D eigenvalue weighted by molar-refractivity contribution is 9.10. The van der Waals surface area contributed by atoms with Gasteiger partial charge in [-0.3, -0.25) is 0 Å². The van der Waals surface area contributed by atoms with Crippen LogP contribution < -0.4 is 5.32 Å². The first kappa shape index (κ1) is 13.5. The molecule has 2 nitrogen and oxygen atoms in total. The molecule has 90 valence electrons. The molecule has 0 radical (unpaired) electrons. The lowest BCUT2D eigenvalue weighted by molar-refractivity contribution is 0.0510. The summed E-state index contributed by atoms with van der Waals surface area (Å²) in [4.78, 5) is 0. The molecule has 0 saturated heterocycles. The van der Waals surface area contributed by atoms with Crippen LogP contribution in [0.25, 0.3) is 0 Å². The highest BCUT2D eigenvalue weighted by Gasteiger charge is 2.13. The van der Waals surface area contributed by atoms with Crippen LogP contribution in [0.15, 0.2) is 16.6 Å². The summed E-state index contributed by atoms with van der Waals surface area (Å²) < 4.78 is 32.4. The molecule has 1 unspecified atom stereocenters. The van der Waals surface area contributed by atoms with E-state index in [1.807, 2.05) is 6.92 Å². The molecule has 16 heavy (non-hydrogen) atoms. The summed E-state index contributed by atoms with van der Waals surface area (Å²) >= 11 is 3.01. The molecule has 1 aromatic carbocycles. The predicted molar refractivity (Wildman–Crippen MR) is 62.2 cm³/mol. The van der Waals surface area contributed by atoms with E-state index in [9.17, 15) is 8.78 Å². The number of halogens is 3. The molecule has 0 fully saturated rings. The quantitative estimate of drug-likeness (QED) is 0.843. The molecule has 0 aliphatic carbocycles. The van der Waals surface area contributed by atoms with E-state index in [0.717, 1.165) is 0 Å². The average Bonchev–Trinajstić information content (AvgIpc) is 2.24. The van der Waals surface area contributed by atoms with Crippen LogP contribution in [0.2, 0.25) is 0 Å². The zero-order chi connectivity index (χ0) is 12.1. The molecule has 0 spiro atoms. The number of ether oxygens (including phenoxy) is 1. The Kier molecular flexibility index (Phi) is 5.31. The SMILES string of the molecule is CNCC(C)OCc1c(F)ccc(Br)c1F. The molecule has 1 atom stereocenters. The van der Waals surface area contributed by atoms with E-state index in [0.29, 0.717) is 6.54 Å². The van der Waals surface area contributed by atoms with E-state index < -0.39 is 11.6 Å². The highest BCUT2D eigenvalue weighted by atomic mass is 79.9. The van der Waals surface area contributed by atoms with Crippen LogP contribution in [0, 0.1) is 11.6 Å². The van der Waals surface area contributed by atoms with Gasteiger partial charge in [0.2, 0.25) is 0 Å². The van der Waals surface area contributed by atoms with Gasteiger partial charge < -0.3 is 10.1 Å². The topological polar surface area (TPSA) is 21.3 Å². The number of hydrogen-bond donors (Lipinski definition) is 1. The van der Waals surface area contributed by atoms with Gasteiger partial charge in [0.15, 0.2) is 0 Å². The Morgan fingerprint density at radius 3 is 2.75 bits per heavy atom. The summed E-state index contributed by atoms with van der Waals surface area (Å²) in [5.41, 5.74) is -0.0441. The number of likely N-dealkylation sites (N-methyl/N-ethyl adjacent to an activating group) is 1. The zero-order valence-corrected chi connectivity index (χ0v) is 10.8. The van der Waals surface area contributed by atoms with Crippen LogP contribution in [-0.4, -0.2) is 19.7 Å². The number of rotatable bonds is 5. The minimum atomic E-state index is -0.600.